The lowest BCUT2D eigenvalue weighted by molar-refractivity contribution is -0.129. The van der Waals surface area contributed by atoms with Gasteiger partial charge in [-0.25, -0.2) is 0 Å². The fraction of sp³-hybridized carbons (Fsp3) is 0.667. The Kier molecular flexibility index (Phi) is 5.60. The molecule has 54 valence electrons. The molecule has 0 aliphatic rings. The Morgan fingerprint density at radius 2 is 1.33 bits per heavy atom. The Labute approximate surface area is 59.7 Å². The summed E-state index contributed by atoms with van der Waals surface area (Å²) in [4.78, 5) is 20.7. The molecule has 0 saturated carbocycles. The molecule has 0 radical (unpaired) electrons. The van der Waals surface area contributed by atoms with Crippen LogP contribution in [0.2, 0.25) is 0 Å². The van der Waals surface area contributed by atoms with Crippen molar-refractivity contribution in [3.63, 3.8) is 0 Å². The minimum absolute atomic E-state index is 0. The SMILES string of the molecule is CC(=O)C(C)C(C)=O.[SiH4]. The molecule has 0 unspecified atom stereocenters. The smallest absolute Gasteiger partial charge is 0.139 e. The van der Waals surface area contributed by atoms with E-state index in [9.17, 15) is 9.59 Å². The molecule has 3 heteroatoms. The molecule has 0 bridgehead atoms. The van der Waals surface area contributed by atoms with E-state index in [0.717, 1.165) is 0 Å². The molecule has 0 aromatic rings. The maximum atomic E-state index is 10.4. The van der Waals surface area contributed by atoms with Crippen molar-refractivity contribution in [2.45, 2.75) is 20.8 Å². The quantitative estimate of drug-likeness (QED) is 0.383. The van der Waals surface area contributed by atoms with Crippen LogP contribution in [0.4, 0.5) is 0 Å². The van der Waals surface area contributed by atoms with Crippen LogP contribution in [0.15, 0.2) is 0 Å². The Balaban J connectivity index is 0. The number of carbonyl (C=O) groups is 2. The van der Waals surface area contributed by atoms with Crippen LogP contribution in [-0.4, -0.2) is 22.5 Å². The summed E-state index contributed by atoms with van der Waals surface area (Å²) in [7, 11) is 0. The molecule has 0 saturated heterocycles. The highest BCUT2D eigenvalue weighted by Gasteiger charge is 2.10. The molecule has 9 heavy (non-hydrogen) atoms. The highest BCUT2D eigenvalue weighted by atomic mass is 28.1. The number of rotatable bonds is 2. The maximum Gasteiger partial charge on any atom is 0.139 e. The van der Waals surface area contributed by atoms with E-state index in [1.54, 1.807) is 6.92 Å². The van der Waals surface area contributed by atoms with Gasteiger partial charge in [-0.05, 0) is 31.7 Å². The first-order valence-electron chi connectivity index (χ1n) is 2.56. The zero-order chi connectivity index (χ0) is 6.73. The third-order valence-corrected chi connectivity index (χ3v) is 1.22. The van der Waals surface area contributed by atoms with Crippen molar-refractivity contribution < 1.29 is 9.59 Å². The third kappa shape index (κ3) is 4.09. The summed E-state index contributed by atoms with van der Waals surface area (Å²) in [5.41, 5.74) is 0. The van der Waals surface area contributed by atoms with Gasteiger partial charge in [0.1, 0.15) is 11.6 Å². The largest absolute Gasteiger partial charge is 0.299 e. The summed E-state index contributed by atoms with van der Waals surface area (Å²) in [5.74, 6) is -0.523. The molecule has 0 heterocycles. The van der Waals surface area contributed by atoms with E-state index in [1.807, 2.05) is 0 Å². The van der Waals surface area contributed by atoms with Crippen LogP contribution in [0.3, 0.4) is 0 Å². The average molecular weight is 146 g/mol. The van der Waals surface area contributed by atoms with Crippen LogP contribution in [0.5, 0.6) is 0 Å². The Hall–Kier alpha value is -0.443. The van der Waals surface area contributed by atoms with Gasteiger partial charge in [-0.1, -0.05) is 0 Å². The predicted octanol–water partition coefficient (Wildman–Crippen LogP) is -0.651. The zero-order valence-electron chi connectivity index (χ0n) is 5.39. The topological polar surface area (TPSA) is 34.1 Å². The standard InChI is InChI=1S/C6H10O2.H4Si/c1-4(5(2)7)6(3)8;/h4H,1-3H3;1H4. The number of hydrogen-bond acceptors (Lipinski definition) is 2. The molecule has 0 aromatic heterocycles. The molecule has 0 amide bonds. The lowest BCUT2D eigenvalue weighted by Crippen LogP contribution is -2.14. The van der Waals surface area contributed by atoms with Gasteiger partial charge >= 0.3 is 0 Å². The van der Waals surface area contributed by atoms with Gasteiger partial charge in [-0.2, -0.15) is 0 Å². The number of carbonyl (C=O) groups excluding carboxylic acids is 2. The Morgan fingerprint density at radius 3 is 1.33 bits per heavy atom. The first-order chi connectivity index (χ1) is 3.55. The second kappa shape index (κ2) is 4.44. The van der Waals surface area contributed by atoms with E-state index >= 15 is 0 Å². The number of hydrogen-bond donors (Lipinski definition) is 0. The van der Waals surface area contributed by atoms with E-state index in [0.29, 0.717) is 0 Å². The van der Waals surface area contributed by atoms with Crippen molar-refractivity contribution >= 4 is 22.5 Å². The molecule has 0 aliphatic carbocycles. The van der Waals surface area contributed by atoms with Crippen molar-refractivity contribution in [3.05, 3.63) is 0 Å². The van der Waals surface area contributed by atoms with Gasteiger partial charge in [0.05, 0.1) is 5.92 Å². The fourth-order valence-electron chi connectivity index (χ4n) is 0.286. The summed E-state index contributed by atoms with van der Waals surface area (Å²) in [6, 6.07) is 0. The highest BCUT2D eigenvalue weighted by Crippen LogP contribution is 1.95. The Morgan fingerprint density at radius 1 is 1.11 bits per heavy atom. The van der Waals surface area contributed by atoms with Gasteiger partial charge < -0.3 is 0 Å². The van der Waals surface area contributed by atoms with Gasteiger partial charge in [0.25, 0.3) is 0 Å². The number of Topliss-reactive ketones (excluding diaryl/α,β-unsaturated/α-hetero) is 2. The fourth-order valence-corrected chi connectivity index (χ4v) is 0.286. The molecule has 0 aromatic carbocycles. The van der Waals surface area contributed by atoms with E-state index < -0.39 is 5.92 Å². The van der Waals surface area contributed by atoms with Crippen LogP contribution >= 0.6 is 0 Å². The maximum absolute atomic E-state index is 10.4. The molecule has 0 rings (SSSR count). The second-order valence-corrected chi connectivity index (χ2v) is 1.94. The van der Waals surface area contributed by atoms with Crippen molar-refractivity contribution in [1.29, 1.82) is 0 Å². The van der Waals surface area contributed by atoms with Gasteiger partial charge in [0.2, 0.25) is 0 Å². The summed E-state index contributed by atoms with van der Waals surface area (Å²) >= 11 is 0. The molecule has 0 atom stereocenters. The molecule has 0 spiro atoms. The van der Waals surface area contributed by atoms with Crippen LogP contribution in [0.1, 0.15) is 20.8 Å². The molecule has 0 fully saturated rings. The van der Waals surface area contributed by atoms with Crippen LogP contribution < -0.4 is 0 Å². The van der Waals surface area contributed by atoms with Gasteiger partial charge in [0.15, 0.2) is 0 Å². The van der Waals surface area contributed by atoms with Crippen LogP contribution in [-0.2, 0) is 9.59 Å². The second-order valence-electron chi connectivity index (χ2n) is 1.94. The minimum atomic E-state index is -0.407. The van der Waals surface area contributed by atoms with E-state index in [4.69, 9.17) is 0 Å². The lowest BCUT2D eigenvalue weighted by atomic mass is 10.0. The van der Waals surface area contributed by atoms with Crippen LogP contribution in [0, 0.1) is 5.92 Å². The van der Waals surface area contributed by atoms with Crippen molar-refractivity contribution in [1.82, 2.24) is 0 Å². The minimum Gasteiger partial charge on any atom is -0.299 e. The summed E-state index contributed by atoms with van der Waals surface area (Å²) in [5, 5.41) is 0. The zero-order valence-corrected chi connectivity index (χ0v) is 5.39. The van der Waals surface area contributed by atoms with Crippen molar-refractivity contribution in [2.24, 2.45) is 5.92 Å². The van der Waals surface area contributed by atoms with Crippen molar-refractivity contribution in [2.75, 3.05) is 0 Å². The highest BCUT2D eigenvalue weighted by molar-refractivity contribution is 5.99. The molecular formula is C6H14O2Si. The summed E-state index contributed by atoms with van der Waals surface area (Å²) in [6.45, 7) is 4.46. The Bertz CT molecular complexity index is 106. The van der Waals surface area contributed by atoms with Crippen molar-refractivity contribution in [3.8, 4) is 0 Å². The van der Waals surface area contributed by atoms with Gasteiger partial charge in [-0.15, -0.1) is 0 Å². The van der Waals surface area contributed by atoms with E-state index in [2.05, 4.69) is 0 Å². The summed E-state index contributed by atoms with van der Waals surface area (Å²) < 4.78 is 0. The molecule has 0 aliphatic heterocycles. The first-order valence-corrected chi connectivity index (χ1v) is 2.56. The average Bonchev–Trinajstić information content (AvgIpc) is 1.64. The number of ketones is 2. The first kappa shape index (κ1) is 11.4. The normalized spacial score (nSPS) is 8.44. The van der Waals surface area contributed by atoms with Gasteiger partial charge in [0, 0.05) is 0 Å². The van der Waals surface area contributed by atoms with Crippen LogP contribution in [0.25, 0.3) is 0 Å². The molecular weight excluding hydrogens is 132 g/mol. The monoisotopic (exact) mass is 146 g/mol. The third-order valence-electron chi connectivity index (χ3n) is 1.22. The predicted molar refractivity (Wildman–Crippen MR) is 41.9 cm³/mol. The van der Waals surface area contributed by atoms with E-state index in [1.165, 1.54) is 13.8 Å². The lowest BCUT2D eigenvalue weighted by Gasteiger charge is -1.97. The van der Waals surface area contributed by atoms with Gasteiger partial charge in [-0.3, -0.25) is 9.59 Å². The van der Waals surface area contributed by atoms with E-state index in [-0.39, 0.29) is 22.5 Å². The molecule has 0 N–H and O–H groups in total. The molecule has 2 nitrogen and oxygen atoms in total. The summed E-state index contributed by atoms with van der Waals surface area (Å²) in [6.07, 6.45) is 0.